The molecule has 1 saturated heterocycles. The molecule has 1 heterocycles. The Labute approximate surface area is 110 Å². The number of rotatable bonds is 4. The van der Waals surface area contributed by atoms with Gasteiger partial charge in [-0.1, -0.05) is 0 Å². The maximum Gasteiger partial charge on any atom is 0.180 e. The summed E-state index contributed by atoms with van der Waals surface area (Å²) in [7, 11) is 0. The van der Waals surface area contributed by atoms with Gasteiger partial charge >= 0.3 is 0 Å². The summed E-state index contributed by atoms with van der Waals surface area (Å²) in [6, 6.07) is 3.68. The van der Waals surface area contributed by atoms with Gasteiger partial charge < -0.3 is 20.1 Å². The lowest BCUT2D eigenvalue weighted by Gasteiger charge is -2.33. The first-order chi connectivity index (χ1) is 9.11. The van der Waals surface area contributed by atoms with Crippen LogP contribution >= 0.6 is 0 Å². The van der Waals surface area contributed by atoms with E-state index in [9.17, 15) is 20.1 Å². The highest BCUT2D eigenvalue weighted by Gasteiger charge is 2.25. The zero-order valence-corrected chi connectivity index (χ0v) is 10.5. The number of phenols is 2. The van der Waals surface area contributed by atoms with Gasteiger partial charge in [0.1, 0.15) is 11.5 Å². The Balaban J connectivity index is 2.07. The van der Waals surface area contributed by atoms with Crippen molar-refractivity contribution in [2.24, 2.45) is 0 Å². The summed E-state index contributed by atoms with van der Waals surface area (Å²) in [5.41, 5.74) is 0.168. The molecule has 1 fully saturated rings. The van der Waals surface area contributed by atoms with Crippen LogP contribution < -0.4 is 0 Å². The molecule has 0 aromatic heterocycles. The first-order valence-corrected chi connectivity index (χ1v) is 6.09. The Hall–Kier alpha value is -1.63. The topological polar surface area (TPSA) is 90.2 Å². The Morgan fingerprint density at radius 3 is 2.89 bits per heavy atom. The summed E-state index contributed by atoms with van der Waals surface area (Å²) in [5.74, 6) is -0.578. The molecule has 0 aliphatic carbocycles. The Morgan fingerprint density at radius 1 is 1.42 bits per heavy atom. The van der Waals surface area contributed by atoms with Gasteiger partial charge in [-0.05, 0) is 12.1 Å². The van der Waals surface area contributed by atoms with Gasteiger partial charge in [0.05, 0.1) is 38.0 Å². The maximum absolute atomic E-state index is 12.1. The maximum atomic E-state index is 12.1. The lowest BCUT2D eigenvalue weighted by Crippen LogP contribution is -2.49. The molecule has 104 valence electrons. The normalized spacial score (nSPS) is 20.4. The number of ether oxygens (including phenoxy) is 1. The van der Waals surface area contributed by atoms with Crippen molar-refractivity contribution in [3.8, 4) is 11.5 Å². The zero-order valence-electron chi connectivity index (χ0n) is 10.5. The van der Waals surface area contributed by atoms with Gasteiger partial charge in [0.15, 0.2) is 5.78 Å². The van der Waals surface area contributed by atoms with Crippen molar-refractivity contribution in [1.29, 1.82) is 0 Å². The first-order valence-electron chi connectivity index (χ1n) is 6.09. The Kier molecular flexibility index (Phi) is 4.36. The molecule has 0 saturated carbocycles. The number of hydrogen-bond donors (Lipinski definition) is 3. The number of carbonyl (C=O) groups excluding carboxylic acids is 1. The van der Waals surface area contributed by atoms with Crippen LogP contribution in [0.4, 0.5) is 0 Å². The fraction of sp³-hybridized carbons (Fsp3) is 0.462. The van der Waals surface area contributed by atoms with Crippen molar-refractivity contribution < 1.29 is 24.9 Å². The van der Waals surface area contributed by atoms with Crippen LogP contribution in [0.15, 0.2) is 18.2 Å². The molecular formula is C13H17NO5. The minimum absolute atomic E-state index is 0.0746. The van der Waals surface area contributed by atoms with E-state index < -0.39 is 0 Å². The number of aliphatic hydroxyl groups excluding tert-OH is 1. The van der Waals surface area contributed by atoms with E-state index >= 15 is 0 Å². The quantitative estimate of drug-likeness (QED) is 0.664. The van der Waals surface area contributed by atoms with Gasteiger partial charge in [0.2, 0.25) is 0 Å². The van der Waals surface area contributed by atoms with E-state index in [1.165, 1.54) is 12.1 Å². The molecule has 1 atom stereocenters. The van der Waals surface area contributed by atoms with E-state index in [4.69, 9.17) is 4.74 Å². The number of nitrogens with zero attached hydrogens (tertiary/aromatic N) is 1. The average Bonchev–Trinajstić information content (AvgIpc) is 2.39. The molecular weight excluding hydrogens is 250 g/mol. The van der Waals surface area contributed by atoms with Gasteiger partial charge in [-0.3, -0.25) is 9.69 Å². The SMILES string of the molecule is O=C(CN1CCOCC1CO)c1ccc(O)cc1O. The molecule has 1 aromatic carbocycles. The van der Waals surface area contributed by atoms with Crippen molar-refractivity contribution in [3.63, 3.8) is 0 Å². The molecule has 6 heteroatoms. The van der Waals surface area contributed by atoms with Crippen molar-refractivity contribution in [3.05, 3.63) is 23.8 Å². The van der Waals surface area contributed by atoms with Gasteiger partial charge in [-0.25, -0.2) is 0 Å². The second kappa shape index (κ2) is 6.01. The Bertz CT molecular complexity index is 462. The van der Waals surface area contributed by atoms with Crippen LogP contribution in [0.5, 0.6) is 11.5 Å². The minimum atomic E-state index is -0.252. The number of hydrogen-bond acceptors (Lipinski definition) is 6. The van der Waals surface area contributed by atoms with Crippen molar-refractivity contribution in [2.75, 3.05) is 32.9 Å². The van der Waals surface area contributed by atoms with Crippen LogP contribution in [0.3, 0.4) is 0 Å². The van der Waals surface area contributed by atoms with E-state index in [1.807, 2.05) is 4.90 Å². The highest BCUT2D eigenvalue weighted by Crippen LogP contribution is 2.23. The second-order valence-electron chi connectivity index (χ2n) is 4.51. The number of phenolic OH excluding ortho intramolecular Hbond substituents is 2. The fourth-order valence-corrected chi connectivity index (χ4v) is 2.09. The summed E-state index contributed by atoms with van der Waals surface area (Å²) in [6.07, 6.45) is 0. The molecule has 0 radical (unpaired) electrons. The number of benzene rings is 1. The van der Waals surface area contributed by atoms with Crippen molar-refractivity contribution in [1.82, 2.24) is 4.90 Å². The summed E-state index contributed by atoms with van der Waals surface area (Å²) in [6.45, 7) is 1.51. The predicted molar refractivity (Wildman–Crippen MR) is 67.4 cm³/mol. The molecule has 6 nitrogen and oxygen atoms in total. The molecule has 3 N–H and O–H groups in total. The minimum Gasteiger partial charge on any atom is -0.508 e. The first kappa shape index (κ1) is 13.8. The van der Waals surface area contributed by atoms with Crippen LogP contribution in [0.2, 0.25) is 0 Å². The molecule has 0 spiro atoms. The van der Waals surface area contributed by atoms with Gasteiger partial charge in [-0.2, -0.15) is 0 Å². The molecule has 2 rings (SSSR count). The number of carbonyl (C=O) groups is 1. The summed E-state index contributed by atoms with van der Waals surface area (Å²) in [4.78, 5) is 13.9. The third-order valence-electron chi connectivity index (χ3n) is 3.19. The molecule has 19 heavy (non-hydrogen) atoms. The van der Waals surface area contributed by atoms with Crippen LogP contribution in [0.1, 0.15) is 10.4 Å². The summed E-state index contributed by atoms with van der Waals surface area (Å²) < 4.78 is 5.23. The predicted octanol–water partition coefficient (Wildman–Crippen LogP) is -0.0264. The average molecular weight is 267 g/mol. The molecule has 1 aromatic rings. The van der Waals surface area contributed by atoms with Gasteiger partial charge in [0.25, 0.3) is 0 Å². The number of aromatic hydroxyl groups is 2. The number of morpholine rings is 1. The number of Topliss-reactive ketones (excluding diaryl/α,β-unsaturated/α-hetero) is 1. The third kappa shape index (κ3) is 3.23. The van der Waals surface area contributed by atoms with Crippen molar-refractivity contribution >= 4 is 5.78 Å². The van der Waals surface area contributed by atoms with Crippen LogP contribution in [0.25, 0.3) is 0 Å². The van der Waals surface area contributed by atoms with Crippen molar-refractivity contribution in [2.45, 2.75) is 6.04 Å². The van der Waals surface area contributed by atoms with Crippen LogP contribution in [-0.4, -0.2) is 65.0 Å². The lowest BCUT2D eigenvalue weighted by molar-refractivity contribution is -0.0240. The second-order valence-corrected chi connectivity index (χ2v) is 4.51. The number of ketones is 1. The lowest BCUT2D eigenvalue weighted by atomic mass is 10.1. The fourth-order valence-electron chi connectivity index (χ4n) is 2.09. The van der Waals surface area contributed by atoms with E-state index in [0.717, 1.165) is 6.07 Å². The van der Waals surface area contributed by atoms with E-state index in [-0.39, 0.29) is 42.0 Å². The standard InChI is InChI=1S/C13H17NO5/c15-7-9-8-19-4-3-14(9)6-13(18)11-2-1-10(16)5-12(11)17/h1-2,5,9,15-17H,3-4,6-8H2. The van der Waals surface area contributed by atoms with Gasteiger partial charge in [0, 0.05) is 12.6 Å². The molecule has 0 bridgehead atoms. The summed E-state index contributed by atoms with van der Waals surface area (Å²) in [5, 5.41) is 28.1. The smallest absolute Gasteiger partial charge is 0.180 e. The molecule has 0 amide bonds. The monoisotopic (exact) mass is 267 g/mol. The zero-order chi connectivity index (χ0) is 13.8. The summed E-state index contributed by atoms with van der Waals surface area (Å²) >= 11 is 0. The number of aliphatic hydroxyl groups is 1. The highest BCUT2D eigenvalue weighted by molar-refractivity contribution is 6.00. The van der Waals surface area contributed by atoms with E-state index in [2.05, 4.69) is 0 Å². The van der Waals surface area contributed by atoms with E-state index in [1.54, 1.807) is 0 Å². The highest BCUT2D eigenvalue weighted by atomic mass is 16.5. The molecule has 1 aliphatic heterocycles. The molecule has 1 aliphatic rings. The van der Waals surface area contributed by atoms with Gasteiger partial charge in [-0.15, -0.1) is 0 Å². The molecule has 1 unspecified atom stereocenters. The third-order valence-corrected chi connectivity index (χ3v) is 3.19. The van der Waals surface area contributed by atoms with Crippen LogP contribution in [0, 0.1) is 0 Å². The largest absolute Gasteiger partial charge is 0.508 e. The van der Waals surface area contributed by atoms with Crippen LogP contribution in [-0.2, 0) is 4.74 Å². The van der Waals surface area contributed by atoms with E-state index in [0.29, 0.717) is 19.8 Å². The Morgan fingerprint density at radius 2 is 2.21 bits per heavy atom.